The van der Waals surface area contributed by atoms with E-state index in [0.717, 1.165) is 6.54 Å². The molecule has 0 atom stereocenters. The SMILES string of the molecule is Cc1sc(=NCc2ccccc2)n(C2CCCCC2)c1-c1ccccc1. The fraction of sp³-hybridized carbons (Fsp3) is 0.348. The van der Waals surface area contributed by atoms with Crippen LogP contribution < -0.4 is 4.80 Å². The molecule has 1 heterocycles. The van der Waals surface area contributed by atoms with Crippen LogP contribution in [0.2, 0.25) is 0 Å². The van der Waals surface area contributed by atoms with Crippen molar-refractivity contribution in [3.05, 3.63) is 75.9 Å². The third kappa shape index (κ3) is 3.68. The standard InChI is InChI=1S/C23H26N2S/c1-18-22(20-13-7-3-8-14-20)25(21-15-9-4-10-16-21)23(26-18)24-17-19-11-5-2-6-12-19/h2-3,5-8,11-14,21H,4,9-10,15-17H2,1H3. The van der Waals surface area contributed by atoms with Crippen molar-refractivity contribution < 1.29 is 0 Å². The smallest absolute Gasteiger partial charge is 0.186 e. The van der Waals surface area contributed by atoms with Crippen molar-refractivity contribution in [2.24, 2.45) is 4.99 Å². The van der Waals surface area contributed by atoms with E-state index in [2.05, 4.69) is 72.2 Å². The summed E-state index contributed by atoms with van der Waals surface area (Å²) in [6.07, 6.45) is 6.58. The van der Waals surface area contributed by atoms with Crippen molar-refractivity contribution in [3.63, 3.8) is 0 Å². The number of thiazole rings is 1. The van der Waals surface area contributed by atoms with Crippen molar-refractivity contribution in [1.82, 2.24) is 4.57 Å². The molecular weight excluding hydrogens is 336 g/mol. The minimum Gasteiger partial charge on any atom is -0.313 e. The molecule has 2 aromatic carbocycles. The zero-order valence-corrected chi connectivity index (χ0v) is 16.2. The summed E-state index contributed by atoms with van der Waals surface area (Å²) in [6, 6.07) is 22.0. The molecule has 4 rings (SSSR count). The largest absolute Gasteiger partial charge is 0.313 e. The van der Waals surface area contributed by atoms with Crippen LogP contribution in [0.25, 0.3) is 11.3 Å². The zero-order valence-electron chi connectivity index (χ0n) is 15.4. The van der Waals surface area contributed by atoms with Gasteiger partial charge in [-0.05, 0) is 30.9 Å². The van der Waals surface area contributed by atoms with Gasteiger partial charge in [0.1, 0.15) is 0 Å². The van der Waals surface area contributed by atoms with E-state index in [1.54, 1.807) is 0 Å². The van der Waals surface area contributed by atoms with Gasteiger partial charge in [0, 0.05) is 10.9 Å². The lowest BCUT2D eigenvalue weighted by molar-refractivity contribution is 0.350. The molecule has 134 valence electrons. The summed E-state index contributed by atoms with van der Waals surface area (Å²) in [5.41, 5.74) is 3.96. The first-order valence-electron chi connectivity index (χ1n) is 9.64. The van der Waals surface area contributed by atoms with Gasteiger partial charge in [-0.25, -0.2) is 0 Å². The lowest BCUT2D eigenvalue weighted by atomic mass is 9.94. The summed E-state index contributed by atoms with van der Waals surface area (Å²) >= 11 is 1.85. The van der Waals surface area contributed by atoms with Crippen LogP contribution in [0.15, 0.2) is 65.7 Å². The predicted octanol–water partition coefficient (Wildman–Crippen LogP) is 6.13. The lowest BCUT2D eigenvalue weighted by Crippen LogP contribution is -2.24. The molecule has 1 fully saturated rings. The van der Waals surface area contributed by atoms with Crippen LogP contribution in [0.1, 0.15) is 48.6 Å². The van der Waals surface area contributed by atoms with Gasteiger partial charge in [-0.15, -0.1) is 11.3 Å². The molecule has 1 aliphatic carbocycles. The Kier molecular flexibility index (Phi) is 5.35. The number of hydrogen-bond donors (Lipinski definition) is 0. The van der Waals surface area contributed by atoms with E-state index in [-0.39, 0.29) is 0 Å². The Bertz CT molecular complexity index is 900. The van der Waals surface area contributed by atoms with Gasteiger partial charge in [0.15, 0.2) is 4.80 Å². The Balaban J connectivity index is 1.80. The first kappa shape index (κ1) is 17.3. The molecule has 0 spiro atoms. The first-order chi connectivity index (χ1) is 12.8. The van der Waals surface area contributed by atoms with Gasteiger partial charge in [0.05, 0.1) is 12.2 Å². The number of aromatic nitrogens is 1. The summed E-state index contributed by atoms with van der Waals surface area (Å²) < 4.78 is 2.55. The summed E-state index contributed by atoms with van der Waals surface area (Å²) in [5, 5.41) is 0. The molecule has 1 saturated carbocycles. The van der Waals surface area contributed by atoms with E-state index in [9.17, 15) is 0 Å². The van der Waals surface area contributed by atoms with Crippen LogP contribution >= 0.6 is 11.3 Å². The van der Waals surface area contributed by atoms with E-state index in [4.69, 9.17) is 4.99 Å². The van der Waals surface area contributed by atoms with Gasteiger partial charge < -0.3 is 4.57 Å². The lowest BCUT2D eigenvalue weighted by Gasteiger charge is -2.25. The maximum Gasteiger partial charge on any atom is 0.186 e. The van der Waals surface area contributed by atoms with Gasteiger partial charge in [-0.2, -0.15) is 0 Å². The number of benzene rings is 2. The van der Waals surface area contributed by atoms with Crippen molar-refractivity contribution in [1.29, 1.82) is 0 Å². The van der Waals surface area contributed by atoms with Crippen LogP contribution in [0.4, 0.5) is 0 Å². The van der Waals surface area contributed by atoms with E-state index in [0.29, 0.717) is 6.04 Å². The zero-order chi connectivity index (χ0) is 17.8. The fourth-order valence-corrected chi connectivity index (χ4v) is 5.02. The Morgan fingerprint density at radius 1 is 0.923 bits per heavy atom. The summed E-state index contributed by atoms with van der Waals surface area (Å²) in [7, 11) is 0. The van der Waals surface area contributed by atoms with E-state index in [1.807, 2.05) is 11.3 Å². The van der Waals surface area contributed by atoms with E-state index in [1.165, 1.54) is 58.6 Å². The maximum atomic E-state index is 5.04. The molecule has 0 bridgehead atoms. The van der Waals surface area contributed by atoms with Gasteiger partial charge in [0.2, 0.25) is 0 Å². The van der Waals surface area contributed by atoms with Gasteiger partial charge >= 0.3 is 0 Å². The molecule has 0 radical (unpaired) electrons. The molecule has 0 N–H and O–H groups in total. The summed E-state index contributed by atoms with van der Waals surface area (Å²) in [4.78, 5) is 7.59. The predicted molar refractivity (Wildman–Crippen MR) is 110 cm³/mol. The third-order valence-corrected chi connectivity index (χ3v) is 6.26. The highest BCUT2D eigenvalue weighted by Gasteiger charge is 2.22. The summed E-state index contributed by atoms with van der Waals surface area (Å²) in [5.74, 6) is 0. The van der Waals surface area contributed by atoms with Crippen LogP contribution in [-0.4, -0.2) is 4.57 Å². The van der Waals surface area contributed by atoms with E-state index >= 15 is 0 Å². The number of aryl methyl sites for hydroxylation is 1. The molecule has 1 aromatic heterocycles. The highest BCUT2D eigenvalue weighted by atomic mass is 32.1. The number of nitrogens with zero attached hydrogens (tertiary/aromatic N) is 2. The van der Waals surface area contributed by atoms with Gasteiger partial charge in [0.25, 0.3) is 0 Å². The molecule has 3 aromatic rings. The number of rotatable bonds is 4. The number of hydrogen-bond acceptors (Lipinski definition) is 2. The Labute approximate surface area is 159 Å². The molecule has 0 aliphatic heterocycles. The molecule has 1 aliphatic rings. The topological polar surface area (TPSA) is 17.3 Å². The van der Waals surface area contributed by atoms with Crippen LogP contribution in [0.3, 0.4) is 0 Å². The fourth-order valence-electron chi connectivity index (χ4n) is 3.97. The summed E-state index contributed by atoms with van der Waals surface area (Å²) in [6.45, 7) is 3.00. The minimum absolute atomic E-state index is 0.582. The van der Waals surface area contributed by atoms with Gasteiger partial charge in [-0.1, -0.05) is 79.9 Å². The van der Waals surface area contributed by atoms with Crippen LogP contribution in [-0.2, 0) is 6.54 Å². The minimum atomic E-state index is 0.582. The van der Waals surface area contributed by atoms with Crippen molar-refractivity contribution in [2.75, 3.05) is 0 Å². The van der Waals surface area contributed by atoms with Crippen molar-refractivity contribution in [2.45, 2.75) is 51.6 Å². The second-order valence-corrected chi connectivity index (χ2v) is 8.30. The molecule has 3 heteroatoms. The first-order valence-corrected chi connectivity index (χ1v) is 10.5. The second-order valence-electron chi connectivity index (χ2n) is 7.12. The molecule has 0 saturated heterocycles. The van der Waals surface area contributed by atoms with E-state index < -0.39 is 0 Å². The average molecular weight is 363 g/mol. The van der Waals surface area contributed by atoms with Crippen molar-refractivity contribution >= 4 is 11.3 Å². The second kappa shape index (κ2) is 8.05. The Morgan fingerprint density at radius 3 is 2.27 bits per heavy atom. The molecule has 0 amide bonds. The average Bonchev–Trinajstić information content (AvgIpc) is 3.04. The Morgan fingerprint density at radius 2 is 1.58 bits per heavy atom. The van der Waals surface area contributed by atoms with Gasteiger partial charge in [-0.3, -0.25) is 4.99 Å². The monoisotopic (exact) mass is 362 g/mol. The molecular formula is C23H26N2S. The molecule has 2 nitrogen and oxygen atoms in total. The highest BCUT2D eigenvalue weighted by molar-refractivity contribution is 7.09. The Hall–Kier alpha value is -2.13. The normalized spacial score (nSPS) is 16.1. The third-order valence-electron chi connectivity index (χ3n) is 5.25. The highest BCUT2D eigenvalue weighted by Crippen LogP contribution is 2.34. The quantitative estimate of drug-likeness (QED) is 0.531. The van der Waals surface area contributed by atoms with Crippen molar-refractivity contribution in [3.8, 4) is 11.3 Å². The van der Waals surface area contributed by atoms with Crippen LogP contribution in [0, 0.1) is 6.92 Å². The maximum absolute atomic E-state index is 5.04. The molecule has 26 heavy (non-hydrogen) atoms. The molecule has 0 unspecified atom stereocenters. The van der Waals surface area contributed by atoms with Crippen LogP contribution in [0.5, 0.6) is 0 Å².